The number of benzene rings is 2. The van der Waals surface area contributed by atoms with Crippen LogP contribution in [0.15, 0.2) is 42.5 Å². The lowest BCUT2D eigenvalue weighted by molar-refractivity contribution is 0.288. The lowest BCUT2D eigenvalue weighted by Crippen LogP contribution is -2.20. The molecule has 3 rings (SSSR count). The molecule has 0 atom stereocenters. The summed E-state index contributed by atoms with van der Waals surface area (Å²) in [5.41, 5.74) is 8.67. The van der Waals surface area contributed by atoms with Crippen LogP contribution in [0.5, 0.6) is 5.75 Å². The average Bonchev–Trinajstić information content (AvgIpc) is 2.54. The first-order chi connectivity index (χ1) is 11.5. The van der Waals surface area contributed by atoms with E-state index in [4.69, 9.17) is 20.4 Å². The fourth-order valence-corrected chi connectivity index (χ4v) is 2.67. The number of anilines is 1. The van der Waals surface area contributed by atoms with Gasteiger partial charge in [0.25, 0.3) is 0 Å². The van der Waals surface area contributed by atoms with Crippen molar-refractivity contribution in [3.05, 3.63) is 48.2 Å². The summed E-state index contributed by atoms with van der Waals surface area (Å²) in [6.45, 7) is 4.12. The maximum absolute atomic E-state index is 8.94. The van der Waals surface area contributed by atoms with Gasteiger partial charge in [0.05, 0.1) is 5.69 Å². The van der Waals surface area contributed by atoms with Gasteiger partial charge in [0.2, 0.25) is 0 Å². The first-order valence-electron chi connectivity index (χ1n) is 7.64. The molecule has 0 amide bonds. The van der Waals surface area contributed by atoms with E-state index in [2.05, 4.69) is 24.0 Å². The van der Waals surface area contributed by atoms with Crippen LogP contribution in [0.3, 0.4) is 0 Å². The molecule has 0 spiro atoms. The van der Waals surface area contributed by atoms with Crippen molar-refractivity contribution in [2.24, 2.45) is 0 Å². The van der Waals surface area contributed by atoms with Crippen LogP contribution < -0.4 is 10.4 Å². The van der Waals surface area contributed by atoms with Crippen LogP contribution in [0.4, 0.5) is 5.82 Å². The minimum Gasteiger partial charge on any atom is -0.512 e. The Bertz CT molecular complexity index is 884. The van der Waals surface area contributed by atoms with Crippen LogP contribution in [-0.4, -0.2) is 27.6 Å². The highest BCUT2D eigenvalue weighted by molar-refractivity contribution is 6.33. The summed E-state index contributed by atoms with van der Waals surface area (Å²) in [6.07, 6.45) is 0. The Labute approximate surface area is 140 Å². The number of hydrogen-bond acceptors (Lipinski definition) is 6. The van der Waals surface area contributed by atoms with Gasteiger partial charge in [0.15, 0.2) is 5.82 Å². The van der Waals surface area contributed by atoms with Crippen molar-refractivity contribution in [2.75, 3.05) is 5.73 Å². The van der Waals surface area contributed by atoms with Gasteiger partial charge in [0.1, 0.15) is 5.75 Å². The van der Waals surface area contributed by atoms with E-state index in [0.29, 0.717) is 11.6 Å². The van der Waals surface area contributed by atoms with E-state index in [9.17, 15) is 0 Å². The Morgan fingerprint density at radius 3 is 2.46 bits per heavy atom. The van der Waals surface area contributed by atoms with E-state index in [1.165, 1.54) is 0 Å². The lowest BCUT2D eigenvalue weighted by Gasteiger charge is -2.12. The van der Waals surface area contributed by atoms with Crippen LogP contribution in [0.1, 0.15) is 25.5 Å². The monoisotopic (exact) mass is 323 g/mol. The van der Waals surface area contributed by atoms with Crippen LogP contribution in [-0.2, 0) is 0 Å². The second-order valence-electron chi connectivity index (χ2n) is 5.86. The van der Waals surface area contributed by atoms with Crippen molar-refractivity contribution < 1.29 is 14.7 Å². The third-order valence-corrected chi connectivity index (χ3v) is 3.79. The summed E-state index contributed by atoms with van der Waals surface area (Å²) < 4.78 is 4.91. The first kappa shape index (κ1) is 16.2. The molecule has 24 heavy (non-hydrogen) atoms. The Balaban J connectivity index is 2.12. The molecule has 1 aromatic heterocycles. The van der Waals surface area contributed by atoms with Gasteiger partial charge in [-0.15, -0.1) is 5.10 Å². The van der Waals surface area contributed by atoms with Crippen molar-refractivity contribution in [3.63, 3.8) is 0 Å². The molecule has 0 radical (unpaired) electrons. The molecule has 0 unspecified atom stereocenters. The maximum Gasteiger partial charge on any atom is 0.707 e. The zero-order valence-corrected chi connectivity index (χ0v) is 13.5. The molecule has 4 N–H and O–H groups in total. The molecule has 7 heteroatoms. The number of aromatic nitrogens is 2. The van der Waals surface area contributed by atoms with Crippen molar-refractivity contribution in [2.45, 2.75) is 19.8 Å². The largest absolute Gasteiger partial charge is 0.707 e. The molecule has 0 saturated heterocycles. The van der Waals surface area contributed by atoms with Gasteiger partial charge < -0.3 is 20.4 Å². The predicted molar refractivity (Wildman–Crippen MR) is 94.3 cm³/mol. The van der Waals surface area contributed by atoms with Crippen LogP contribution in [0.2, 0.25) is 0 Å². The quantitative estimate of drug-likeness (QED) is 0.637. The van der Waals surface area contributed by atoms with Crippen molar-refractivity contribution >= 4 is 23.9 Å². The van der Waals surface area contributed by atoms with Gasteiger partial charge in [-0.3, -0.25) is 0 Å². The van der Waals surface area contributed by atoms with Gasteiger partial charge in [-0.2, -0.15) is 5.10 Å². The van der Waals surface area contributed by atoms with E-state index < -0.39 is 7.32 Å². The van der Waals surface area contributed by atoms with E-state index in [1.54, 1.807) is 18.2 Å². The van der Waals surface area contributed by atoms with E-state index in [0.717, 1.165) is 27.6 Å². The van der Waals surface area contributed by atoms with Crippen LogP contribution in [0.25, 0.3) is 21.9 Å². The zero-order valence-electron chi connectivity index (χ0n) is 13.5. The molecular formula is C17H18BN3O3. The number of nitrogens with two attached hydrogens (primary N) is 1. The summed E-state index contributed by atoms with van der Waals surface area (Å²) in [4.78, 5) is 0. The van der Waals surface area contributed by atoms with Gasteiger partial charge in [-0.05, 0) is 41.3 Å². The smallest absolute Gasteiger partial charge is 0.512 e. The molecule has 6 nitrogen and oxygen atoms in total. The first-order valence-corrected chi connectivity index (χ1v) is 7.64. The van der Waals surface area contributed by atoms with E-state index in [1.807, 2.05) is 24.3 Å². The topological polar surface area (TPSA) is 101 Å². The summed E-state index contributed by atoms with van der Waals surface area (Å²) >= 11 is 0. The molecule has 0 aliphatic rings. The second kappa shape index (κ2) is 6.47. The highest BCUT2D eigenvalue weighted by Crippen LogP contribution is 2.31. The third kappa shape index (κ3) is 3.17. The molecule has 0 aliphatic heterocycles. The second-order valence-corrected chi connectivity index (χ2v) is 5.86. The summed E-state index contributed by atoms with van der Waals surface area (Å²) in [6, 6.07) is 13.0. The number of nitrogen functional groups attached to an aromatic ring is 1. The summed E-state index contributed by atoms with van der Waals surface area (Å²) in [5, 5.41) is 28.0. The van der Waals surface area contributed by atoms with Crippen LogP contribution in [0, 0.1) is 0 Å². The van der Waals surface area contributed by atoms with E-state index >= 15 is 0 Å². The fourth-order valence-electron chi connectivity index (χ4n) is 2.67. The Morgan fingerprint density at radius 2 is 1.75 bits per heavy atom. The van der Waals surface area contributed by atoms with Gasteiger partial charge >= 0.3 is 7.32 Å². The zero-order chi connectivity index (χ0) is 17.3. The summed E-state index contributed by atoms with van der Waals surface area (Å²) in [7, 11) is -1.85. The van der Waals surface area contributed by atoms with Crippen molar-refractivity contribution in [1.82, 2.24) is 10.2 Å². The molecule has 2 aromatic carbocycles. The van der Waals surface area contributed by atoms with E-state index in [-0.39, 0.29) is 5.92 Å². The number of nitrogens with zero attached hydrogens (tertiary/aromatic N) is 2. The molecule has 3 aromatic rings. The number of fused-ring (bicyclic) bond motifs is 1. The Hall–Kier alpha value is -2.64. The molecule has 0 aliphatic carbocycles. The third-order valence-electron chi connectivity index (χ3n) is 3.79. The fraction of sp³-hybridized carbons (Fsp3) is 0.176. The maximum atomic E-state index is 8.94. The molecule has 0 fully saturated rings. The Morgan fingerprint density at radius 1 is 1.00 bits per heavy atom. The SMILES string of the molecule is CC(C)c1nnc(N)c2ccc(-c3cccc(OB(O)O)c3)cc12. The highest BCUT2D eigenvalue weighted by Gasteiger charge is 2.14. The number of hydrogen-bond donors (Lipinski definition) is 3. The standard InChI is InChI=1S/C17H18BN3O3/c1-10(2)16-15-9-12(6-7-14(15)17(19)21-20-16)11-4-3-5-13(8-11)24-18(22)23/h3-10,22-23H,1-2H3,(H2,19,21). The molecule has 0 saturated carbocycles. The van der Waals surface area contributed by atoms with Gasteiger partial charge in [-0.25, -0.2) is 0 Å². The highest BCUT2D eigenvalue weighted by atomic mass is 16.6. The lowest BCUT2D eigenvalue weighted by atomic mass is 9.97. The van der Waals surface area contributed by atoms with Crippen molar-refractivity contribution in [3.8, 4) is 16.9 Å². The molecular weight excluding hydrogens is 305 g/mol. The van der Waals surface area contributed by atoms with Gasteiger partial charge in [-0.1, -0.05) is 32.0 Å². The minimum absolute atomic E-state index is 0.218. The van der Waals surface area contributed by atoms with Crippen LogP contribution >= 0.6 is 0 Å². The molecule has 1 heterocycles. The molecule has 0 bridgehead atoms. The van der Waals surface area contributed by atoms with Crippen molar-refractivity contribution in [1.29, 1.82) is 0 Å². The molecule has 122 valence electrons. The van der Waals surface area contributed by atoms with Gasteiger partial charge in [0, 0.05) is 10.8 Å². The summed E-state index contributed by atoms with van der Waals surface area (Å²) in [5.74, 6) is 0.996. The minimum atomic E-state index is -1.85. The predicted octanol–water partition coefficient (Wildman–Crippen LogP) is 2.35. The number of rotatable bonds is 4. The average molecular weight is 323 g/mol. The normalized spacial score (nSPS) is 11.0. The Kier molecular flexibility index (Phi) is 4.37.